The van der Waals surface area contributed by atoms with Crippen molar-refractivity contribution in [3.63, 3.8) is 0 Å². The molecule has 2 saturated heterocycles. The molecule has 0 aromatic heterocycles. The molecule has 11 nitrogen and oxygen atoms in total. The predicted molar refractivity (Wildman–Crippen MR) is 100 cm³/mol. The van der Waals surface area contributed by atoms with Gasteiger partial charge < -0.3 is 16.0 Å². The van der Waals surface area contributed by atoms with E-state index >= 15 is 0 Å². The summed E-state index contributed by atoms with van der Waals surface area (Å²) >= 11 is 0. The number of ketones is 1. The molecular weight excluding hydrogens is 404 g/mol. The Balaban J connectivity index is 1.61. The van der Waals surface area contributed by atoms with Crippen molar-refractivity contribution in [2.45, 2.75) is 64.1 Å². The molecule has 3 amide bonds. The quantitative estimate of drug-likeness (QED) is 0.467. The van der Waals surface area contributed by atoms with E-state index in [1.165, 1.54) is 4.90 Å². The summed E-state index contributed by atoms with van der Waals surface area (Å²) in [7, 11) is -4.87. The van der Waals surface area contributed by atoms with E-state index in [9.17, 15) is 22.8 Å². The molecule has 0 aromatic rings. The fourth-order valence-electron chi connectivity index (χ4n) is 4.59. The predicted octanol–water partition coefficient (Wildman–Crippen LogP) is -0.172. The first-order valence-electron chi connectivity index (χ1n) is 9.73. The number of carbonyl (C=O) groups is 3. The standard InChI is InChI=1S/C17H28N4O7S/c1-17(2)8-12(20-9-14(17)21(16(20)24)28-29(25,26)27)15(23)19-7-6-13(22)10-4-3-5-11(10)18/h10-12,14H,3-9,18H2,1-2H3,(H,19,23)(H,25,26,27)/t10?,11?,12-,14-/m0/s1. The third kappa shape index (κ3) is 4.55. The van der Waals surface area contributed by atoms with Gasteiger partial charge in [0.05, 0.1) is 6.04 Å². The molecule has 12 heteroatoms. The van der Waals surface area contributed by atoms with Gasteiger partial charge in [0.1, 0.15) is 11.8 Å². The lowest BCUT2D eigenvalue weighted by atomic mass is 9.76. The molecule has 2 unspecified atom stereocenters. The summed E-state index contributed by atoms with van der Waals surface area (Å²) in [5.74, 6) is -0.543. The molecule has 4 atom stereocenters. The zero-order valence-corrected chi connectivity index (χ0v) is 17.4. The van der Waals surface area contributed by atoms with Crippen LogP contribution in [0.15, 0.2) is 0 Å². The summed E-state index contributed by atoms with van der Waals surface area (Å²) in [5.41, 5.74) is 5.30. The van der Waals surface area contributed by atoms with Crippen LogP contribution in [0.1, 0.15) is 46.0 Å². The first kappa shape index (κ1) is 21.9. The number of piperidine rings is 1. The van der Waals surface area contributed by atoms with Gasteiger partial charge in [-0.15, -0.1) is 4.28 Å². The van der Waals surface area contributed by atoms with Gasteiger partial charge >= 0.3 is 16.4 Å². The van der Waals surface area contributed by atoms with E-state index in [-0.39, 0.29) is 43.7 Å². The fourth-order valence-corrected chi connectivity index (χ4v) is 4.96. The maximum atomic E-state index is 12.7. The molecular formula is C17H28N4O7S. The first-order valence-corrected chi connectivity index (χ1v) is 11.1. The van der Waals surface area contributed by atoms with Crippen molar-refractivity contribution in [2.75, 3.05) is 13.1 Å². The van der Waals surface area contributed by atoms with Gasteiger partial charge in [0.15, 0.2) is 0 Å². The van der Waals surface area contributed by atoms with E-state index in [1.54, 1.807) is 13.8 Å². The average Bonchev–Trinajstić information content (AvgIpc) is 3.14. The summed E-state index contributed by atoms with van der Waals surface area (Å²) < 4.78 is 35.6. The number of nitrogens with zero attached hydrogens (tertiary/aromatic N) is 2. The van der Waals surface area contributed by atoms with Crippen molar-refractivity contribution in [3.05, 3.63) is 0 Å². The van der Waals surface area contributed by atoms with Crippen LogP contribution >= 0.6 is 0 Å². The molecule has 2 heterocycles. The number of urea groups is 1. The number of nitrogens with two attached hydrogens (primary N) is 1. The summed E-state index contributed by atoms with van der Waals surface area (Å²) in [6, 6.07) is -2.38. The maximum Gasteiger partial charge on any atom is 0.418 e. The Kier molecular flexibility index (Phi) is 5.91. The summed E-state index contributed by atoms with van der Waals surface area (Å²) in [6.45, 7) is 3.82. The highest BCUT2D eigenvalue weighted by molar-refractivity contribution is 7.80. The Morgan fingerprint density at radius 2 is 2.03 bits per heavy atom. The molecule has 29 heavy (non-hydrogen) atoms. The Bertz CT molecular complexity index is 800. The molecule has 3 fully saturated rings. The number of hydrogen-bond acceptors (Lipinski definition) is 7. The highest BCUT2D eigenvalue weighted by Crippen LogP contribution is 2.42. The van der Waals surface area contributed by atoms with E-state index in [1.807, 2.05) is 0 Å². The van der Waals surface area contributed by atoms with Crippen molar-refractivity contribution in [3.8, 4) is 0 Å². The van der Waals surface area contributed by atoms with E-state index < -0.39 is 39.8 Å². The summed E-state index contributed by atoms with van der Waals surface area (Å²) in [6.07, 6.45) is 3.00. The Labute approximate surface area is 169 Å². The number of amides is 3. The maximum absolute atomic E-state index is 12.7. The van der Waals surface area contributed by atoms with Crippen LogP contribution in [0.3, 0.4) is 0 Å². The van der Waals surface area contributed by atoms with E-state index in [4.69, 9.17) is 10.3 Å². The molecule has 4 N–H and O–H groups in total. The van der Waals surface area contributed by atoms with E-state index in [0.717, 1.165) is 19.3 Å². The van der Waals surface area contributed by atoms with Crippen molar-refractivity contribution < 1.29 is 31.6 Å². The Morgan fingerprint density at radius 3 is 2.62 bits per heavy atom. The van der Waals surface area contributed by atoms with Crippen LogP contribution in [0.2, 0.25) is 0 Å². The number of hydrogen-bond donors (Lipinski definition) is 3. The topological polar surface area (TPSA) is 159 Å². The fraction of sp³-hybridized carbons (Fsp3) is 0.824. The summed E-state index contributed by atoms with van der Waals surface area (Å²) in [5, 5.41) is 3.32. The Hall–Kier alpha value is -1.76. The number of carbonyl (C=O) groups excluding carboxylic acids is 3. The van der Waals surface area contributed by atoms with Crippen molar-refractivity contribution in [1.82, 2.24) is 15.3 Å². The van der Waals surface area contributed by atoms with E-state index in [0.29, 0.717) is 5.06 Å². The molecule has 3 aliphatic rings. The van der Waals surface area contributed by atoms with Gasteiger partial charge in [0.25, 0.3) is 0 Å². The van der Waals surface area contributed by atoms with Gasteiger partial charge in [0, 0.05) is 31.5 Å². The second-order valence-corrected chi connectivity index (χ2v) is 9.70. The molecule has 2 aliphatic heterocycles. The molecule has 0 spiro atoms. The highest BCUT2D eigenvalue weighted by Gasteiger charge is 2.56. The molecule has 0 radical (unpaired) electrons. The lowest BCUT2D eigenvalue weighted by molar-refractivity contribution is -0.128. The molecule has 1 aliphatic carbocycles. The van der Waals surface area contributed by atoms with Gasteiger partial charge in [-0.05, 0) is 24.7 Å². The van der Waals surface area contributed by atoms with Crippen molar-refractivity contribution in [2.24, 2.45) is 17.1 Å². The number of fused-ring (bicyclic) bond motifs is 2. The van der Waals surface area contributed by atoms with Gasteiger partial charge in [-0.1, -0.05) is 20.3 Å². The lowest BCUT2D eigenvalue weighted by Crippen LogP contribution is -2.54. The number of hydroxylamine groups is 2. The number of Topliss-reactive ketones (excluding diaryl/α,β-unsaturated/α-hetero) is 1. The van der Waals surface area contributed by atoms with Gasteiger partial charge in [-0.3, -0.25) is 14.1 Å². The van der Waals surface area contributed by atoms with Crippen LogP contribution in [0.5, 0.6) is 0 Å². The number of nitrogens with one attached hydrogen (secondary N) is 1. The lowest BCUT2D eigenvalue weighted by Gasteiger charge is -2.40. The van der Waals surface area contributed by atoms with Crippen LogP contribution in [0.4, 0.5) is 4.79 Å². The number of rotatable bonds is 7. The van der Waals surface area contributed by atoms with Crippen LogP contribution < -0.4 is 11.1 Å². The highest BCUT2D eigenvalue weighted by atomic mass is 32.3. The molecule has 3 rings (SSSR count). The van der Waals surface area contributed by atoms with Crippen molar-refractivity contribution in [1.29, 1.82) is 0 Å². The van der Waals surface area contributed by atoms with E-state index in [2.05, 4.69) is 9.60 Å². The third-order valence-corrected chi connectivity index (χ3v) is 6.56. The third-order valence-electron chi connectivity index (χ3n) is 6.22. The molecule has 1 saturated carbocycles. The zero-order chi connectivity index (χ0) is 21.6. The Morgan fingerprint density at radius 1 is 1.34 bits per heavy atom. The first-order chi connectivity index (χ1) is 13.4. The summed E-state index contributed by atoms with van der Waals surface area (Å²) in [4.78, 5) is 38.8. The van der Waals surface area contributed by atoms with Crippen LogP contribution in [-0.2, 0) is 24.3 Å². The molecule has 0 aromatic carbocycles. The molecule has 2 bridgehead atoms. The van der Waals surface area contributed by atoms with Crippen LogP contribution in [0, 0.1) is 11.3 Å². The second-order valence-electron chi connectivity index (χ2n) is 8.70. The van der Waals surface area contributed by atoms with Gasteiger partial charge in [-0.25, -0.2) is 4.79 Å². The van der Waals surface area contributed by atoms with Crippen LogP contribution in [0.25, 0.3) is 0 Å². The smallest absolute Gasteiger partial charge is 0.354 e. The monoisotopic (exact) mass is 432 g/mol. The second kappa shape index (κ2) is 7.82. The minimum absolute atomic E-state index is 0.0318. The largest absolute Gasteiger partial charge is 0.418 e. The average molecular weight is 432 g/mol. The van der Waals surface area contributed by atoms with Crippen molar-refractivity contribution >= 4 is 28.1 Å². The minimum Gasteiger partial charge on any atom is -0.354 e. The molecule has 164 valence electrons. The van der Waals surface area contributed by atoms with Gasteiger partial charge in [-0.2, -0.15) is 13.5 Å². The zero-order valence-electron chi connectivity index (χ0n) is 16.5. The SMILES string of the molecule is CC1(C)C[C@@H](C(=O)NCCC(=O)C2CCCC2N)N2C[C@@H]1N(OS(=O)(=O)O)C2=O. The normalized spacial score (nSPS) is 31.2. The minimum atomic E-state index is -4.87. The van der Waals surface area contributed by atoms with Gasteiger partial charge in [0.2, 0.25) is 5.91 Å². The van der Waals surface area contributed by atoms with Crippen LogP contribution in [-0.4, -0.2) is 71.9 Å².